The molecular weight excluding hydrogens is 434 g/mol. The summed E-state index contributed by atoms with van der Waals surface area (Å²) >= 11 is 1.67. The first kappa shape index (κ1) is 20.0. The molecule has 4 heterocycles. The highest BCUT2D eigenvalue weighted by Gasteiger charge is 2.18. The number of nitrogens with one attached hydrogen (secondary N) is 1. The van der Waals surface area contributed by atoms with E-state index < -0.39 is 6.23 Å². The minimum Gasteiger partial charge on any atom is -0.373 e. The Kier molecular flexibility index (Phi) is 5.06. The summed E-state index contributed by atoms with van der Waals surface area (Å²) in [5.74, 6) is 0.844. The average Bonchev–Trinajstić information content (AvgIpc) is 3.55. The first-order valence-corrected chi connectivity index (χ1v) is 11.6. The van der Waals surface area contributed by atoms with Crippen molar-refractivity contribution >= 4 is 38.1 Å². The van der Waals surface area contributed by atoms with Gasteiger partial charge in [0.15, 0.2) is 11.9 Å². The zero-order valence-corrected chi connectivity index (χ0v) is 18.5. The number of fused-ring (bicyclic) bond motifs is 3. The van der Waals surface area contributed by atoms with Crippen LogP contribution >= 0.6 is 11.3 Å². The fourth-order valence-corrected chi connectivity index (χ4v) is 5.02. The van der Waals surface area contributed by atoms with Crippen LogP contribution in [0.5, 0.6) is 0 Å². The molecule has 0 amide bonds. The van der Waals surface area contributed by atoms with Crippen molar-refractivity contribution in [2.24, 2.45) is 0 Å². The molecule has 0 aliphatic rings. The molecule has 0 fully saturated rings. The second-order valence-electron chi connectivity index (χ2n) is 7.79. The second kappa shape index (κ2) is 8.36. The first-order chi connectivity index (χ1) is 16.3. The highest BCUT2D eigenvalue weighted by Crippen LogP contribution is 2.26. The van der Waals surface area contributed by atoms with E-state index in [1.807, 2.05) is 75.9 Å². The summed E-state index contributed by atoms with van der Waals surface area (Å²) in [7, 11) is 0. The van der Waals surface area contributed by atoms with E-state index in [0.29, 0.717) is 25.2 Å². The van der Waals surface area contributed by atoms with Gasteiger partial charge in [-0.3, -0.25) is 14.4 Å². The summed E-state index contributed by atoms with van der Waals surface area (Å²) in [5.41, 5.74) is 3.39. The molecule has 0 saturated heterocycles. The predicted molar refractivity (Wildman–Crippen MR) is 128 cm³/mol. The highest BCUT2D eigenvalue weighted by molar-refractivity contribution is 7.18. The van der Waals surface area contributed by atoms with Crippen molar-refractivity contribution in [3.05, 3.63) is 89.5 Å². The van der Waals surface area contributed by atoms with Gasteiger partial charge in [0.2, 0.25) is 0 Å². The summed E-state index contributed by atoms with van der Waals surface area (Å²) in [6.45, 7) is 1.09. The molecule has 1 unspecified atom stereocenters. The van der Waals surface area contributed by atoms with Crippen molar-refractivity contribution in [2.75, 3.05) is 6.54 Å². The number of thiazole rings is 1. The molecule has 0 saturated carbocycles. The molecule has 2 aromatic carbocycles. The lowest BCUT2D eigenvalue weighted by Crippen LogP contribution is -2.24. The molecule has 6 rings (SSSR count). The number of nitrogens with zero attached hydrogens (tertiary/aromatic N) is 6. The Bertz CT molecular complexity index is 1530. The SMILES string of the molecule is OC(NCCc1nnc2ccccn12)c1nn(Cc2nc3ccccc3s2)c2ccccc12. The molecule has 33 heavy (non-hydrogen) atoms. The quantitative estimate of drug-likeness (QED) is 0.358. The van der Waals surface area contributed by atoms with Crippen molar-refractivity contribution in [3.8, 4) is 0 Å². The Labute approximate surface area is 193 Å². The summed E-state index contributed by atoms with van der Waals surface area (Å²) in [6, 6.07) is 21.9. The summed E-state index contributed by atoms with van der Waals surface area (Å²) in [6.07, 6.45) is 1.68. The van der Waals surface area contributed by atoms with Crippen LogP contribution in [0.2, 0.25) is 0 Å². The van der Waals surface area contributed by atoms with Gasteiger partial charge in [0.1, 0.15) is 16.5 Å². The third-order valence-corrected chi connectivity index (χ3v) is 6.66. The van der Waals surface area contributed by atoms with E-state index >= 15 is 0 Å². The topological polar surface area (TPSA) is 93.2 Å². The molecule has 1 atom stereocenters. The fourth-order valence-electron chi connectivity index (χ4n) is 4.07. The molecule has 8 nitrogen and oxygen atoms in total. The molecule has 0 radical (unpaired) electrons. The summed E-state index contributed by atoms with van der Waals surface area (Å²) in [4.78, 5) is 4.74. The van der Waals surface area contributed by atoms with Gasteiger partial charge in [-0.1, -0.05) is 36.4 Å². The van der Waals surface area contributed by atoms with E-state index in [0.717, 1.165) is 37.6 Å². The van der Waals surface area contributed by atoms with E-state index in [1.54, 1.807) is 11.3 Å². The van der Waals surface area contributed by atoms with Crippen molar-refractivity contribution in [2.45, 2.75) is 19.2 Å². The fraction of sp³-hybridized carbons (Fsp3) is 0.167. The maximum absolute atomic E-state index is 10.9. The zero-order valence-electron chi connectivity index (χ0n) is 17.7. The molecule has 4 aromatic heterocycles. The molecule has 6 aromatic rings. The molecule has 2 N–H and O–H groups in total. The lowest BCUT2D eigenvalue weighted by atomic mass is 10.2. The van der Waals surface area contributed by atoms with Crippen LogP contribution in [-0.4, -0.2) is 41.0 Å². The van der Waals surface area contributed by atoms with Gasteiger partial charge in [0.05, 0.1) is 22.3 Å². The van der Waals surface area contributed by atoms with Gasteiger partial charge in [-0.05, 0) is 30.3 Å². The Morgan fingerprint density at radius 1 is 0.970 bits per heavy atom. The zero-order chi connectivity index (χ0) is 22.2. The maximum atomic E-state index is 10.9. The van der Waals surface area contributed by atoms with Crippen molar-refractivity contribution < 1.29 is 5.11 Å². The number of pyridine rings is 1. The van der Waals surface area contributed by atoms with Crippen molar-refractivity contribution in [1.29, 1.82) is 0 Å². The van der Waals surface area contributed by atoms with E-state index in [4.69, 9.17) is 10.1 Å². The van der Waals surface area contributed by atoms with Crippen LogP contribution in [0.15, 0.2) is 72.9 Å². The van der Waals surface area contributed by atoms with Gasteiger partial charge in [-0.15, -0.1) is 21.5 Å². The van der Waals surface area contributed by atoms with E-state index in [-0.39, 0.29) is 0 Å². The Morgan fingerprint density at radius 3 is 2.76 bits per heavy atom. The largest absolute Gasteiger partial charge is 0.373 e. The number of rotatable bonds is 7. The van der Waals surface area contributed by atoms with Gasteiger partial charge < -0.3 is 5.11 Å². The Morgan fingerprint density at radius 2 is 1.82 bits per heavy atom. The van der Waals surface area contributed by atoms with Crippen LogP contribution in [0.4, 0.5) is 0 Å². The van der Waals surface area contributed by atoms with Gasteiger partial charge in [-0.2, -0.15) is 5.10 Å². The van der Waals surface area contributed by atoms with E-state index in [2.05, 4.69) is 21.6 Å². The van der Waals surface area contributed by atoms with Crippen molar-refractivity contribution in [1.82, 2.24) is 34.7 Å². The molecule has 164 valence electrons. The lowest BCUT2D eigenvalue weighted by Gasteiger charge is -2.10. The minimum atomic E-state index is -0.897. The van der Waals surface area contributed by atoms with Crippen LogP contribution in [0.3, 0.4) is 0 Å². The van der Waals surface area contributed by atoms with Gasteiger partial charge in [0, 0.05) is 24.5 Å². The summed E-state index contributed by atoms with van der Waals surface area (Å²) < 4.78 is 5.03. The van der Waals surface area contributed by atoms with Crippen LogP contribution in [0.25, 0.3) is 26.8 Å². The first-order valence-electron chi connectivity index (χ1n) is 10.8. The van der Waals surface area contributed by atoms with Crippen LogP contribution < -0.4 is 5.32 Å². The van der Waals surface area contributed by atoms with Crippen LogP contribution in [-0.2, 0) is 13.0 Å². The maximum Gasteiger partial charge on any atom is 0.160 e. The van der Waals surface area contributed by atoms with Crippen LogP contribution in [0.1, 0.15) is 22.8 Å². The van der Waals surface area contributed by atoms with Gasteiger partial charge in [-0.25, -0.2) is 4.98 Å². The van der Waals surface area contributed by atoms with Crippen molar-refractivity contribution in [3.63, 3.8) is 0 Å². The standard InChI is InChI=1S/C24H21N7OS/c32-24(25-13-12-21-28-27-20-11-5-6-14-30(20)21)23-16-7-1-3-9-18(16)31(29-23)15-22-26-17-8-2-4-10-19(17)33-22/h1-11,14,24-25,32H,12-13,15H2. The molecule has 9 heteroatoms. The highest BCUT2D eigenvalue weighted by atomic mass is 32.1. The average molecular weight is 456 g/mol. The number of para-hydroxylation sites is 2. The molecular formula is C24H21N7OS. The van der Waals surface area contributed by atoms with Gasteiger partial charge in [0.25, 0.3) is 0 Å². The number of hydrogen-bond acceptors (Lipinski definition) is 7. The Hall–Kier alpha value is -3.66. The van der Waals surface area contributed by atoms with E-state index in [9.17, 15) is 5.11 Å². The number of aliphatic hydroxyl groups is 1. The Balaban J connectivity index is 1.22. The molecule has 0 spiro atoms. The monoisotopic (exact) mass is 455 g/mol. The minimum absolute atomic E-state index is 0.538. The molecule has 0 bridgehead atoms. The number of aromatic nitrogens is 6. The molecule has 0 aliphatic carbocycles. The third-order valence-electron chi connectivity index (χ3n) is 5.64. The number of aliphatic hydroxyl groups excluding tert-OH is 1. The predicted octanol–water partition coefficient (Wildman–Crippen LogP) is 3.56. The normalized spacial score (nSPS) is 12.8. The second-order valence-corrected chi connectivity index (χ2v) is 8.90. The number of benzene rings is 2. The van der Waals surface area contributed by atoms with E-state index in [1.165, 1.54) is 0 Å². The smallest absolute Gasteiger partial charge is 0.160 e. The van der Waals surface area contributed by atoms with Crippen LogP contribution in [0, 0.1) is 0 Å². The third kappa shape index (κ3) is 3.76. The lowest BCUT2D eigenvalue weighted by molar-refractivity contribution is 0.135. The molecule has 0 aliphatic heterocycles. The number of hydrogen-bond donors (Lipinski definition) is 2. The van der Waals surface area contributed by atoms with Gasteiger partial charge >= 0.3 is 0 Å². The summed E-state index contributed by atoms with van der Waals surface area (Å²) in [5, 5.41) is 29.2.